The highest BCUT2D eigenvalue weighted by atomic mass is 16.5. The third-order valence-electron chi connectivity index (χ3n) is 3.58. The van der Waals surface area contributed by atoms with E-state index in [0.29, 0.717) is 12.0 Å². The van der Waals surface area contributed by atoms with E-state index >= 15 is 0 Å². The number of benzene rings is 1. The molecule has 17 heavy (non-hydrogen) atoms. The molecule has 0 saturated carbocycles. The standard InChI is InChI=1S/C14H22N2O/c1-15-13-5-3-4-12(10-13)14(16-2)11-6-8-17-9-7-11/h3-5,10-11,14-16H,6-9H2,1-2H3. The van der Waals surface area contributed by atoms with E-state index in [1.165, 1.54) is 11.3 Å². The van der Waals surface area contributed by atoms with E-state index in [9.17, 15) is 0 Å². The highest BCUT2D eigenvalue weighted by molar-refractivity contribution is 5.46. The van der Waals surface area contributed by atoms with Gasteiger partial charge in [-0.1, -0.05) is 12.1 Å². The molecule has 1 unspecified atom stereocenters. The molecule has 1 saturated heterocycles. The van der Waals surface area contributed by atoms with Crippen molar-refractivity contribution in [3.05, 3.63) is 29.8 Å². The van der Waals surface area contributed by atoms with Crippen molar-refractivity contribution in [3.8, 4) is 0 Å². The molecule has 1 aromatic rings. The van der Waals surface area contributed by atoms with Crippen molar-refractivity contribution in [2.75, 3.05) is 32.6 Å². The predicted molar refractivity (Wildman–Crippen MR) is 71.3 cm³/mol. The average Bonchev–Trinajstić information content (AvgIpc) is 2.41. The molecule has 1 aliphatic rings. The molecule has 1 fully saturated rings. The quantitative estimate of drug-likeness (QED) is 0.839. The molecule has 1 aromatic carbocycles. The minimum atomic E-state index is 0.437. The Balaban J connectivity index is 2.15. The Morgan fingerprint density at radius 2 is 2.00 bits per heavy atom. The van der Waals surface area contributed by atoms with E-state index in [1.807, 2.05) is 14.1 Å². The summed E-state index contributed by atoms with van der Waals surface area (Å²) in [6, 6.07) is 9.09. The van der Waals surface area contributed by atoms with Crippen molar-refractivity contribution >= 4 is 5.69 Å². The van der Waals surface area contributed by atoms with Crippen LogP contribution in [0.25, 0.3) is 0 Å². The molecule has 0 spiro atoms. The number of hydrogen-bond donors (Lipinski definition) is 2. The molecule has 0 bridgehead atoms. The zero-order valence-corrected chi connectivity index (χ0v) is 10.7. The second-order valence-corrected chi connectivity index (χ2v) is 4.59. The Hall–Kier alpha value is -1.06. The van der Waals surface area contributed by atoms with Gasteiger partial charge in [0.05, 0.1) is 0 Å². The van der Waals surface area contributed by atoms with Crippen molar-refractivity contribution in [2.45, 2.75) is 18.9 Å². The van der Waals surface area contributed by atoms with Crippen LogP contribution >= 0.6 is 0 Å². The maximum Gasteiger partial charge on any atom is 0.0469 e. The third-order valence-corrected chi connectivity index (χ3v) is 3.58. The summed E-state index contributed by atoms with van der Waals surface area (Å²) >= 11 is 0. The van der Waals surface area contributed by atoms with E-state index in [4.69, 9.17) is 4.74 Å². The Labute approximate surface area is 104 Å². The topological polar surface area (TPSA) is 33.3 Å². The lowest BCUT2D eigenvalue weighted by molar-refractivity contribution is 0.0546. The first-order valence-corrected chi connectivity index (χ1v) is 6.38. The molecule has 0 aromatic heterocycles. The van der Waals surface area contributed by atoms with Gasteiger partial charge in [0, 0.05) is 32.0 Å². The first kappa shape index (κ1) is 12.4. The van der Waals surface area contributed by atoms with Gasteiger partial charge in [0.2, 0.25) is 0 Å². The van der Waals surface area contributed by atoms with Crippen LogP contribution in [-0.2, 0) is 4.74 Å². The third kappa shape index (κ3) is 2.99. The number of hydrogen-bond acceptors (Lipinski definition) is 3. The summed E-state index contributed by atoms with van der Waals surface area (Å²) in [4.78, 5) is 0. The zero-order chi connectivity index (χ0) is 12.1. The van der Waals surface area contributed by atoms with Gasteiger partial charge in [-0.3, -0.25) is 0 Å². The Morgan fingerprint density at radius 3 is 2.65 bits per heavy atom. The summed E-state index contributed by atoms with van der Waals surface area (Å²) < 4.78 is 5.44. The summed E-state index contributed by atoms with van der Waals surface area (Å²) in [5, 5.41) is 6.65. The van der Waals surface area contributed by atoms with E-state index in [0.717, 1.165) is 26.1 Å². The molecule has 94 valence electrons. The summed E-state index contributed by atoms with van der Waals surface area (Å²) in [7, 11) is 4.01. The highest BCUT2D eigenvalue weighted by Crippen LogP contribution is 2.30. The molecule has 3 heteroatoms. The van der Waals surface area contributed by atoms with Crippen molar-refractivity contribution in [2.24, 2.45) is 5.92 Å². The lowest BCUT2D eigenvalue weighted by Crippen LogP contribution is -2.30. The van der Waals surface area contributed by atoms with Gasteiger partial charge in [0.1, 0.15) is 0 Å². The molecular formula is C14H22N2O. The summed E-state index contributed by atoms with van der Waals surface area (Å²) in [6.07, 6.45) is 2.30. The Kier molecular flexibility index (Phi) is 4.40. The lowest BCUT2D eigenvalue weighted by atomic mass is 9.87. The second kappa shape index (κ2) is 6.03. The molecule has 0 aliphatic carbocycles. The fraction of sp³-hybridized carbons (Fsp3) is 0.571. The highest BCUT2D eigenvalue weighted by Gasteiger charge is 2.24. The lowest BCUT2D eigenvalue weighted by Gasteiger charge is -2.30. The molecule has 2 rings (SSSR count). The summed E-state index contributed by atoms with van der Waals surface area (Å²) in [5.41, 5.74) is 2.54. The van der Waals surface area contributed by atoms with Crippen molar-refractivity contribution in [1.82, 2.24) is 5.32 Å². The fourth-order valence-corrected chi connectivity index (χ4v) is 2.61. The predicted octanol–water partition coefficient (Wildman–Crippen LogP) is 2.42. The van der Waals surface area contributed by atoms with Crippen LogP contribution in [0, 0.1) is 5.92 Å². The number of ether oxygens (including phenoxy) is 1. The van der Waals surface area contributed by atoms with Gasteiger partial charge < -0.3 is 15.4 Å². The van der Waals surface area contributed by atoms with E-state index in [1.54, 1.807) is 0 Å². The molecule has 2 N–H and O–H groups in total. The van der Waals surface area contributed by atoms with Gasteiger partial charge in [-0.05, 0) is 43.5 Å². The van der Waals surface area contributed by atoms with Gasteiger partial charge in [-0.2, -0.15) is 0 Å². The first-order chi connectivity index (χ1) is 8.35. The second-order valence-electron chi connectivity index (χ2n) is 4.59. The minimum absolute atomic E-state index is 0.437. The van der Waals surface area contributed by atoms with Gasteiger partial charge in [-0.25, -0.2) is 0 Å². The maximum atomic E-state index is 5.44. The molecule has 0 amide bonds. The van der Waals surface area contributed by atoms with E-state index < -0.39 is 0 Å². The van der Waals surface area contributed by atoms with Crippen LogP contribution in [0.1, 0.15) is 24.4 Å². The molecular weight excluding hydrogens is 212 g/mol. The van der Waals surface area contributed by atoms with Gasteiger partial charge in [0.25, 0.3) is 0 Å². The molecule has 3 nitrogen and oxygen atoms in total. The van der Waals surface area contributed by atoms with Gasteiger partial charge in [0.15, 0.2) is 0 Å². The number of anilines is 1. The van der Waals surface area contributed by atoms with E-state index in [-0.39, 0.29) is 0 Å². The minimum Gasteiger partial charge on any atom is -0.388 e. The van der Waals surface area contributed by atoms with Crippen LogP contribution < -0.4 is 10.6 Å². The van der Waals surface area contributed by atoms with Crippen molar-refractivity contribution < 1.29 is 4.74 Å². The van der Waals surface area contributed by atoms with Crippen molar-refractivity contribution in [1.29, 1.82) is 0 Å². The van der Waals surface area contributed by atoms with Crippen LogP contribution in [0.5, 0.6) is 0 Å². The summed E-state index contributed by atoms with van der Waals surface area (Å²) in [5.74, 6) is 0.681. The van der Waals surface area contributed by atoms with Crippen LogP contribution in [0.15, 0.2) is 24.3 Å². The number of rotatable bonds is 4. The molecule has 0 radical (unpaired) electrons. The SMILES string of the molecule is CNc1cccc(C(NC)C2CCOCC2)c1. The molecule has 1 aliphatic heterocycles. The smallest absolute Gasteiger partial charge is 0.0469 e. The average molecular weight is 234 g/mol. The number of nitrogens with one attached hydrogen (secondary N) is 2. The van der Waals surface area contributed by atoms with Crippen LogP contribution in [0.3, 0.4) is 0 Å². The molecule has 1 atom stereocenters. The van der Waals surface area contributed by atoms with Crippen LogP contribution in [-0.4, -0.2) is 27.3 Å². The Bertz CT molecular complexity index is 348. The maximum absolute atomic E-state index is 5.44. The fourth-order valence-electron chi connectivity index (χ4n) is 2.61. The first-order valence-electron chi connectivity index (χ1n) is 6.38. The van der Waals surface area contributed by atoms with Gasteiger partial charge in [-0.15, -0.1) is 0 Å². The van der Waals surface area contributed by atoms with Gasteiger partial charge >= 0.3 is 0 Å². The van der Waals surface area contributed by atoms with E-state index in [2.05, 4.69) is 34.9 Å². The summed E-state index contributed by atoms with van der Waals surface area (Å²) in [6.45, 7) is 1.79. The zero-order valence-electron chi connectivity index (χ0n) is 10.7. The monoisotopic (exact) mass is 234 g/mol. The van der Waals surface area contributed by atoms with Crippen LogP contribution in [0.4, 0.5) is 5.69 Å². The Morgan fingerprint density at radius 1 is 1.24 bits per heavy atom. The normalized spacial score (nSPS) is 18.9. The molecule has 1 heterocycles. The van der Waals surface area contributed by atoms with Crippen molar-refractivity contribution in [3.63, 3.8) is 0 Å². The largest absolute Gasteiger partial charge is 0.388 e. The van der Waals surface area contributed by atoms with Crippen LogP contribution in [0.2, 0.25) is 0 Å².